The van der Waals surface area contributed by atoms with Crippen LogP contribution in [0.3, 0.4) is 0 Å². The summed E-state index contributed by atoms with van der Waals surface area (Å²) in [5.41, 5.74) is 7.17. The van der Waals surface area contributed by atoms with E-state index in [9.17, 15) is 0 Å². The molecule has 1 aliphatic heterocycles. The summed E-state index contributed by atoms with van der Waals surface area (Å²) in [6.07, 6.45) is 3.92. The number of aromatic nitrogens is 3. The lowest BCUT2D eigenvalue weighted by Crippen LogP contribution is -2.36. The van der Waals surface area contributed by atoms with Gasteiger partial charge in [-0.05, 0) is 29.1 Å². The minimum absolute atomic E-state index is 0.480. The SMILES string of the molecule is Clc1ccccc1Cn1cc(/C=N/Nc2nc(N3CCOCC3)c3sccc3n2)c2ccccc21. The minimum Gasteiger partial charge on any atom is -0.378 e. The second-order valence-electron chi connectivity index (χ2n) is 8.30. The Morgan fingerprint density at radius 3 is 2.77 bits per heavy atom. The molecule has 1 aliphatic rings. The van der Waals surface area contributed by atoms with E-state index in [1.807, 2.05) is 48.0 Å². The Kier molecular flexibility index (Phi) is 6.08. The van der Waals surface area contributed by atoms with Gasteiger partial charge in [-0.3, -0.25) is 0 Å². The zero-order chi connectivity index (χ0) is 23.6. The molecule has 0 atom stereocenters. The predicted molar refractivity (Wildman–Crippen MR) is 144 cm³/mol. The fourth-order valence-electron chi connectivity index (χ4n) is 4.37. The summed E-state index contributed by atoms with van der Waals surface area (Å²) in [7, 11) is 0. The average Bonchev–Trinajstić information content (AvgIpc) is 3.51. The number of hydrogen-bond acceptors (Lipinski definition) is 7. The standard InChI is InChI=1S/C26H23ClN6OS/c27-21-7-3-1-5-18(21)16-33-17-19(20-6-2-4-8-23(20)33)15-28-31-26-29-22-9-14-35-24(22)25(30-26)32-10-12-34-13-11-32/h1-9,14-15,17H,10-13,16H2,(H,29,30,31)/b28-15+. The van der Waals surface area contributed by atoms with Gasteiger partial charge >= 0.3 is 0 Å². The molecular formula is C26H23ClN6OS. The summed E-state index contributed by atoms with van der Waals surface area (Å²) < 4.78 is 8.79. The van der Waals surface area contributed by atoms with Crippen LogP contribution >= 0.6 is 22.9 Å². The molecule has 176 valence electrons. The first-order chi connectivity index (χ1) is 17.3. The van der Waals surface area contributed by atoms with E-state index in [0.717, 1.165) is 56.2 Å². The van der Waals surface area contributed by atoms with Gasteiger partial charge < -0.3 is 14.2 Å². The summed E-state index contributed by atoms with van der Waals surface area (Å²) in [6.45, 7) is 3.73. The lowest BCUT2D eigenvalue weighted by Gasteiger charge is -2.28. The van der Waals surface area contributed by atoms with Gasteiger partial charge in [0.1, 0.15) is 0 Å². The molecule has 6 rings (SSSR count). The summed E-state index contributed by atoms with van der Waals surface area (Å²) in [6, 6.07) is 18.2. The second-order valence-corrected chi connectivity index (χ2v) is 9.62. The van der Waals surface area contributed by atoms with Gasteiger partial charge in [-0.2, -0.15) is 10.1 Å². The number of fused-ring (bicyclic) bond motifs is 2. The van der Waals surface area contributed by atoms with Gasteiger partial charge in [-0.1, -0.05) is 48.0 Å². The molecule has 0 unspecified atom stereocenters. The van der Waals surface area contributed by atoms with Gasteiger partial charge in [0, 0.05) is 47.3 Å². The summed E-state index contributed by atoms with van der Waals surface area (Å²) >= 11 is 8.07. The number of ether oxygens (including phenoxy) is 1. The first-order valence-electron chi connectivity index (χ1n) is 11.4. The van der Waals surface area contributed by atoms with Gasteiger partial charge in [-0.25, -0.2) is 10.4 Å². The number of nitrogens with zero attached hydrogens (tertiary/aromatic N) is 5. The maximum atomic E-state index is 6.41. The van der Waals surface area contributed by atoms with E-state index in [0.29, 0.717) is 25.7 Å². The molecule has 9 heteroatoms. The van der Waals surface area contributed by atoms with Crippen molar-refractivity contribution in [1.29, 1.82) is 0 Å². The van der Waals surface area contributed by atoms with Gasteiger partial charge in [0.15, 0.2) is 5.82 Å². The van der Waals surface area contributed by atoms with Crippen molar-refractivity contribution in [2.75, 3.05) is 36.6 Å². The highest BCUT2D eigenvalue weighted by Gasteiger charge is 2.18. The first-order valence-corrected chi connectivity index (χ1v) is 12.7. The Balaban J connectivity index is 1.28. The third kappa shape index (κ3) is 4.48. The smallest absolute Gasteiger partial charge is 0.246 e. The molecule has 1 N–H and O–H groups in total. The minimum atomic E-state index is 0.480. The highest BCUT2D eigenvalue weighted by atomic mass is 35.5. The molecule has 0 spiro atoms. The molecule has 3 aromatic heterocycles. The van der Waals surface area contributed by atoms with Gasteiger partial charge in [-0.15, -0.1) is 11.3 Å². The van der Waals surface area contributed by atoms with E-state index >= 15 is 0 Å². The van der Waals surface area contributed by atoms with Crippen LogP contribution in [0.25, 0.3) is 21.1 Å². The van der Waals surface area contributed by atoms with Crippen molar-refractivity contribution in [3.63, 3.8) is 0 Å². The number of halogens is 1. The van der Waals surface area contributed by atoms with E-state index in [-0.39, 0.29) is 0 Å². The van der Waals surface area contributed by atoms with Crippen LogP contribution in [0.4, 0.5) is 11.8 Å². The van der Waals surface area contributed by atoms with Crippen LogP contribution in [0.5, 0.6) is 0 Å². The lowest BCUT2D eigenvalue weighted by molar-refractivity contribution is 0.122. The van der Waals surface area contributed by atoms with Crippen molar-refractivity contribution in [2.45, 2.75) is 6.54 Å². The number of benzene rings is 2. The lowest BCUT2D eigenvalue weighted by atomic mass is 10.2. The molecule has 5 aromatic rings. The Labute approximate surface area is 211 Å². The topological polar surface area (TPSA) is 67.6 Å². The van der Waals surface area contributed by atoms with Crippen molar-refractivity contribution in [2.24, 2.45) is 5.10 Å². The normalized spacial score (nSPS) is 14.4. The summed E-state index contributed by atoms with van der Waals surface area (Å²) in [5, 5.41) is 8.43. The van der Waals surface area contributed by atoms with Crippen LogP contribution in [0.1, 0.15) is 11.1 Å². The van der Waals surface area contributed by atoms with Gasteiger partial charge in [0.2, 0.25) is 5.95 Å². The monoisotopic (exact) mass is 502 g/mol. The average molecular weight is 503 g/mol. The van der Waals surface area contributed by atoms with Crippen LogP contribution < -0.4 is 10.3 Å². The van der Waals surface area contributed by atoms with Gasteiger partial charge in [0.25, 0.3) is 0 Å². The summed E-state index contributed by atoms with van der Waals surface area (Å²) in [5.74, 6) is 1.41. The van der Waals surface area contributed by atoms with Crippen LogP contribution in [0.2, 0.25) is 5.02 Å². The van der Waals surface area contributed by atoms with E-state index < -0.39 is 0 Å². The van der Waals surface area contributed by atoms with Gasteiger partial charge in [0.05, 0.1) is 29.6 Å². The molecule has 35 heavy (non-hydrogen) atoms. The molecular weight excluding hydrogens is 480 g/mol. The van der Waals surface area contributed by atoms with Crippen LogP contribution in [0, 0.1) is 0 Å². The van der Waals surface area contributed by atoms with Crippen molar-refractivity contribution in [3.05, 3.63) is 82.3 Å². The number of nitrogens with one attached hydrogen (secondary N) is 1. The van der Waals surface area contributed by atoms with Crippen molar-refractivity contribution in [3.8, 4) is 0 Å². The van der Waals surface area contributed by atoms with Crippen molar-refractivity contribution in [1.82, 2.24) is 14.5 Å². The number of morpholine rings is 1. The predicted octanol–water partition coefficient (Wildman–Crippen LogP) is 5.63. The quantitative estimate of drug-likeness (QED) is 0.241. The number of hydrogen-bond donors (Lipinski definition) is 1. The second kappa shape index (κ2) is 9.65. The number of para-hydroxylation sites is 1. The van der Waals surface area contributed by atoms with E-state index in [4.69, 9.17) is 21.3 Å². The maximum Gasteiger partial charge on any atom is 0.246 e. The van der Waals surface area contributed by atoms with Crippen LogP contribution in [0.15, 0.2) is 71.3 Å². The Morgan fingerprint density at radius 2 is 1.89 bits per heavy atom. The molecule has 0 bridgehead atoms. The number of anilines is 2. The molecule has 7 nitrogen and oxygen atoms in total. The Bertz CT molecular complexity index is 1520. The van der Waals surface area contributed by atoms with Crippen molar-refractivity contribution >= 4 is 62.0 Å². The zero-order valence-electron chi connectivity index (χ0n) is 18.9. The largest absolute Gasteiger partial charge is 0.378 e. The van der Waals surface area contributed by atoms with E-state index in [1.165, 1.54) is 0 Å². The number of hydrazone groups is 1. The van der Waals surface area contributed by atoms with Crippen molar-refractivity contribution < 1.29 is 4.74 Å². The molecule has 4 heterocycles. The molecule has 0 amide bonds. The fourth-order valence-corrected chi connectivity index (χ4v) is 5.41. The zero-order valence-corrected chi connectivity index (χ0v) is 20.5. The maximum absolute atomic E-state index is 6.41. The fraction of sp³-hybridized carbons (Fsp3) is 0.192. The Hall–Kier alpha value is -3.46. The first kappa shape index (κ1) is 22.0. The molecule has 1 fully saturated rings. The van der Waals surface area contributed by atoms with Crippen LogP contribution in [-0.4, -0.2) is 47.1 Å². The summed E-state index contributed by atoms with van der Waals surface area (Å²) in [4.78, 5) is 11.7. The van der Waals surface area contributed by atoms with E-state index in [2.05, 4.69) is 49.4 Å². The molecule has 0 radical (unpaired) electrons. The molecule has 0 saturated carbocycles. The third-order valence-electron chi connectivity index (χ3n) is 6.08. The molecule has 0 aliphatic carbocycles. The molecule has 1 saturated heterocycles. The third-order valence-corrected chi connectivity index (χ3v) is 7.35. The highest BCUT2D eigenvalue weighted by Crippen LogP contribution is 2.30. The number of rotatable bonds is 6. The molecule has 2 aromatic carbocycles. The van der Waals surface area contributed by atoms with E-state index in [1.54, 1.807) is 11.3 Å². The highest BCUT2D eigenvalue weighted by molar-refractivity contribution is 7.17. The van der Waals surface area contributed by atoms with Crippen LogP contribution in [-0.2, 0) is 11.3 Å². The number of thiophene rings is 1. The Morgan fingerprint density at radius 1 is 1.06 bits per heavy atom.